The van der Waals surface area contributed by atoms with Crippen molar-refractivity contribution in [1.29, 1.82) is 0 Å². The lowest BCUT2D eigenvalue weighted by molar-refractivity contribution is 0.0681. The van der Waals surface area contributed by atoms with Crippen molar-refractivity contribution >= 4 is 17.5 Å². The molecule has 4 rings (SSSR count). The number of benzene rings is 1. The first kappa shape index (κ1) is 22.1. The van der Waals surface area contributed by atoms with Gasteiger partial charge in [-0.2, -0.15) is 0 Å². The van der Waals surface area contributed by atoms with Crippen LogP contribution in [0.5, 0.6) is 0 Å². The molecule has 30 heavy (non-hydrogen) atoms. The van der Waals surface area contributed by atoms with Crippen molar-refractivity contribution in [2.75, 3.05) is 26.2 Å². The predicted molar refractivity (Wildman–Crippen MR) is 121 cm³/mol. The Morgan fingerprint density at radius 1 is 1.23 bits per heavy atom. The van der Waals surface area contributed by atoms with Gasteiger partial charge >= 0.3 is 0 Å². The molecule has 3 saturated carbocycles. The summed E-state index contributed by atoms with van der Waals surface area (Å²) in [5.74, 6) is 0.779. The van der Waals surface area contributed by atoms with Crippen LogP contribution in [0, 0.1) is 11.3 Å². The molecule has 1 aromatic carbocycles. The van der Waals surface area contributed by atoms with Crippen LogP contribution in [0.3, 0.4) is 0 Å². The first-order chi connectivity index (χ1) is 14.4. The Kier molecular flexibility index (Phi) is 6.73. The van der Waals surface area contributed by atoms with Gasteiger partial charge in [0.2, 0.25) is 0 Å². The Balaban J connectivity index is 1.40. The number of rotatable bonds is 9. The van der Waals surface area contributed by atoms with Crippen molar-refractivity contribution in [2.45, 2.75) is 69.9 Å². The van der Waals surface area contributed by atoms with Crippen LogP contribution >= 0.6 is 11.6 Å². The summed E-state index contributed by atoms with van der Waals surface area (Å²) in [5.41, 5.74) is 8.03. The highest BCUT2D eigenvalue weighted by atomic mass is 35.5. The zero-order valence-electron chi connectivity index (χ0n) is 18.0. The van der Waals surface area contributed by atoms with Gasteiger partial charge in [0, 0.05) is 31.7 Å². The van der Waals surface area contributed by atoms with Gasteiger partial charge in [0.25, 0.3) is 5.91 Å². The van der Waals surface area contributed by atoms with Crippen molar-refractivity contribution < 1.29 is 9.90 Å². The second-order valence-electron chi connectivity index (χ2n) is 10.1. The quantitative estimate of drug-likeness (QED) is 0.554. The summed E-state index contributed by atoms with van der Waals surface area (Å²) in [5, 5.41) is 13.1. The Morgan fingerprint density at radius 2 is 1.97 bits per heavy atom. The van der Waals surface area contributed by atoms with Crippen LogP contribution in [-0.2, 0) is 6.54 Å². The van der Waals surface area contributed by atoms with E-state index in [9.17, 15) is 9.90 Å². The number of hydrogen-bond donors (Lipinski definition) is 3. The Hall–Kier alpha value is -1.14. The molecular weight excluding hydrogens is 398 g/mol. The van der Waals surface area contributed by atoms with Crippen LogP contribution < -0.4 is 11.1 Å². The molecule has 0 aliphatic heterocycles. The molecule has 0 spiro atoms. The number of nitrogens with zero attached hydrogens (tertiary/aromatic N) is 1. The molecule has 3 aliphatic carbocycles. The van der Waals surface area contributed by atoms with Gasteiger partial charge in [0.05, 0.1) is 17.2 Å². The molecule has 5 nitrogen and oxygen atoms in total. The number of amides is 1. The first-order valence-electron chi connectivity index (χ1n) is 11.6. The SMILES string of the molecule is NC1(CN(CCO)Cc2ccc(Cl)c(C(=O)NCC34CCCC(CCC3)C4)c2)CC1. The third-order valence-corrected chi connectivity index (χ3v) is 7.84. The summed E-state index contributed by atoms with van der Waals surface area (Å²) < 4.78 is 0. The van der Waals surface area contributed by atoms with Gasteiger partial charge in [-0.05, 0) is 61.1 Å². The third-order valence-electron chi connectivity index (χ3n) is 7.51. The summed E-state index contributed by atoms with van der Waals surface area (Å²) in [6, 6.07) is 5.68. The van der Waals surface area contributed by atoms with Gasteiger partial charge < -0.3 is 16.2 Å². The zero-order chi connectivity index (χ0) is 21.2. The summed E-state index contributed by atoms with van der Waals surface area (Å²) in [7, 11) is 0. The lowest BCUT2D eigenvalue weighted by Crippen LogP contribution is -2.43. The average Bonchev–Trinajstić information content (AvgIpc) is 3.44. The van der Waals surface area contributed by atoms with E-state index in [-0.39, 0.29) is 18.1 Å². The molecule has 0 unspecified atom stereocenters. The van der Waals surface area contributed by atoms with Crippen LogP contribution in [0.4, 0.5) is 0 Å². The Labute approximate surface area is 185 Å². The van der Waals surface area contributed by atoms with Crippen LogP contribution in [-0.4, -0.2) is 47.7 Å². The van der Waals surface area contributed by atoms with E-state index >= 15 is 0 Å². The normalized spacial score (nSPS) is 27.1. The second kappa shape index (κ2) is 9.15. The number of carbonyl (C=O) groups excluding carboxylic acids is 1. The van der Waals surface area contributed by atoms with Crippen LogP contribution in [0.25, 0.3) is 0 Å². The summed E-state index contributed by atoms with van der Waals surface area (Å²) in [6.45, 7) is 2.85. The van der Waals surface area contributed by atoms with E-state index in [1.807, 2.05) is 18.2 Å². The maximum absolute atomic E-state index is 13.0. The topological polar surface area (TPSA) is 78.6 Å². The third kappa shape index (κ3) is 5.37. The highest BCUT2D eigenvalue weighted by Gasteiger charge is 2.40. The fraction of sp³-hybridized carbons (Fsp3) is 0.708. The number of aliphatic hydroxyl groups excluding tert-OH is 1. The number of fused-ring (bicyclic) bond motifs is 2. The fourth-order valence-corrected chi connectivity index (χ4v) is 5.86. The average molecular weight is 434 g/mol. The first-order valence-corrected chi connectivity index (χ1v) is 12.0. The molecule has 6 heteroatoms. The highest BCUT2D eigenvalue weighted by Crippen LogP contribution is 2.48. The smallest absolute Gasteiger partial charge is 0.252 e. The number of nitrogens with two attached hydrogens (primary N) is 1. The van der Waals surface area contributed by atoms with E-state index < -0.39 is 0 Å². The molecule has 0 aromatic heterocycles. The Morgan fingerprint density at radius 3 is 2.63 bits per heavy atom. The number of hydrogen-bond acceptors (Lipinski definition) is 4. The van der Waals surface area contributed by atoms with Crippen LogP contribution in [0.1, 0.15) is 73.7 Å². The van der Waals surface area contributed by atoms with Crippen molar-refractivity contribution in [3.05, 3.63) is 34.3 Å². The van der Waals surface area contributed by atoms with Gasteiger partial charge in [-0.1, -0.05) is 43.4 Å². The maximum Gasteiger partial charge on any atom is 0.252 e. The molecule has 0 atom stereocenters. The monoisotopic (exact) mass is 433 g/mol. The van der Waals surface area contributed by atoms with Crippen molar-refractivity contribution in [3.63, 3.8) is 0 Å². The van der Waals surface area contributed by atoms with Gasteiger partial charge in [-0.3, -0.25) is 9.69 Å². The number of nitrogens with one attached hydrogen (secondary N) is 1. The molecule has 2 bridgehead atoms. The summed E-state index contributed by atoms with van der Waals surface area (Å²) >= 11 is 6.40. The molecule has 1 amide bonds. The van der Waals surface area contributed by atoms with Crippen molar-refractivity contribution in [3.8, 4) is 0 Å². The lowest BCUT2D eigenvalue weighted by Gasteiger charge is -2.45. The number of aliphatic hydroxyl groups is 1. The molecule has 3 fully saturated rings. The number of halogens is 1. The molecule has 166 valence electrons. The van der Waals surface area contributed by atoms with Gasteiger partial charge in [-0.15, -0.1) is 0 Å². The van der Waals surface area contributed by atoms with E-state index in [1.165, 1.54) is 44.9 Å². The standard InChI is InChI=1S/C24H36ClN3O2/c25-21-6-5-19(15-28(11-12-29)17-24(26)9-10-24)13-20(21)22(30)27-16-23-7-1-3-18(14-23)4-2-8-23/h5-6,13,18,29H,1-4,7-12,14-17,26H2,(H,27,30). The largest absolute Gasteiger partial charge is 0.395 e. The van der Waals surface area contributed by atoms with Gasteiger partial charge in [0.15, 0.2) is 0 Å². The molecule has 0 heterocycles. The number of carbonyl (C=O) groups is 1. The van der Waals surface area contributed by atoms with Crippen molar-refractivity contribution in [2.24, 2.45) is 17.1 Å². The fourth-order valence-electron chi connectivity index (χ4n) is 5.66. The predicted octanol–water partition coefficient (Wildman–Crippen LogP) is 3.72. The van der Waals surface area contributed by atoms with Gasteiger partial charge in [0.1, 0.15) is 0 Å². The maximum atomic E-state index is 13.0. The van der Waals surface area contributed by atoms with E-state index in [0.717, 1.165) is 37.4 Å². The van der Waals surface area contributed by atoms with Crippen LogP contribution in [0.15, 0.2) is 18.2 Å². The molecular formula is C24H36ClN3O2. The molecule has 1 aromatic rings. The van der Waals surface area contributed by atoms with E-state index in [1.54, 1.807) is 0 Å². The van der Waals surface area contributed by atoms with Gasteiger partial charge in [-0.25, -0.2) is 0 Å². The zero-order valence-corrected chi connectivity index (χ0v) is 18.7. The molecule has 0 saturated heterocycles. The minimum atomic E-state index is -0.112. The summed E-state index contributed by atoms with van der Waals surface area (Å²) in [4.78, 5) is 15.2. The molecule has 3 aliphatic rings. The summed E-state index contributed by atoms with van der Waals surface area (Å²) in [6.07, 6.45) is 11.1. The van der Waals surface area contributed by atoms with E-state index in [2.05, 4.69) is 10.2 Å². The Bertz CT molecular complexity index is 755. The lowest BCUT2D eigenvalue weighted by atomic mass is 9.62. The van der Waals surface area contributed by atoms with Crippen LogP contribution in [0.2, 0.25) is 5.02 Å². The molecule has 0 radical (unpaired) electrons. The molecule has 4 N–H and O–H groups in total. The second-order valence-corrected chi connectivity index (χ2v) is 10.6. The van der Waals surface area contributed by atoms with E-state index in [0.29, 0.717) is 29.1 Å². The van der Waals surface area contributed by atoms with E-state index in [4.69, 9.17) is 17.3 Å². The highest BCUT2D eigenvalue weighted by molar-refractivity contribution is 6.33. The minimum absolute atomic E-state index is 0.0740. The minimum Gasteiger partial charge on any atom is -0.395 e. The van der Waals surface area contributed by atoms with Crippen molar-refractivity contribution in [1.82, 2.24) is 10.2 Å².